The van der Waals surface area contributed by atoms with Crippen molar-refractivity contribution in [3.63, 3.8) is 0 Å². The summed E-state index contributed by atoms with van der Waals surface area (Å²) >= 11 is 5.30. The zero-order valence-electron chi connectivity index (χ0n) is 13.4. The van der Waals surface area contributed by atoms with E-state index in [0.29, 0.717) is 22.1 Å². The quantitative estimate of drug-likeness (QED) is 0.746. The van der Waals surface area contributed by atoms with Gasteiger partial charge < -0.3 is 5.32 Å². The number of anilines is 1. The smallest absolute Gasteiger partial charge is 0.332 e. The normalized spacial score (nSPS) is 17.4. The molecular formula is C18H19F3N2S. The Kier molecular flexibility index (Phi) is 5.49. The Bertz CT molecular complexity index is 687. The lowest BCUT2D eigenvalue weighted by Crippen LogP contribution is -2.44. The molecule has 2 nitrogen and oxygen atoms in total. The number of nitrogens with zero attached hydrogens (tertiary/aromatic N) is 1. The summed E-state index contributed by atoms with van der Waals surface area (Å²) in [5.74, 6) is 0. The van der Waals surface area contributed by atoms with E-state index in [1.165, 1.54) is 5.56 Å². The van der Waals surface area contributed by atoms with E-state index in [0.717, 1.165) is 24.6 Å². The molecule has 2 rings (SSSR count). The summed E-state index contributed by atoms with van der Waals surface area (Å²) in [4.78, 5) is 1.63. The maximum atomic E-state index is 12.5. The Balaban J connectivity index is 2.30. The van der Waals surface area contributed by atoms with Crippen molar-refractivity contribution in [3.8, 4) is 0 Å². The van der Waals surface area contributed by atoms with Gasteiger partial charge in [-0.1, -0.05) is 44.7 Å². The molecule has 0 bridgehead atoms. The number of alkyl halides is 3. The molecule has 1 heterocycles. The maximum Gasteiger partial charge on any atom is 0.392 e. The van der Waals surface area contributed by atoms with Crippen molar-refractivity contribution in [2.75, 3.05) is 4.90 Å². The predicted octanol–water partition coefficient (Wildman–Crippen LogP) is 5.24. The van der Waals surface area contributed by atoms with Crippen molar-refractivity contribution in [2.45, 2.75) is 32.4 Å². The molecule has 1 aromatic rings. The molecule has 1 fully saturated rings. The van der Waals surface area contributed by atoms with E-state index < -0.39 is 12.6 Å². The van der Waals surface area contributed by atoms with Crippen LogP contribution in [-0.2, 0) is 6.42 Å². The van der Waals surface area contributed by atoms with Gasteiger partial charge in [0.05, 0.1) is 12.1 Å². The Morgan fingerprint density at radius 2 is 1.83 bits per heavy atom. The highest BCUT2D eigenvalue weighted by Crippen LogP contribution is 2.32. The number of nitrogens with one attached hydrogen (secondary N) is 1. The Labute approximate surface area is 145 Å². The van der Waals surface area contributed by atoms with Gasteiger partial charge in [-0.05, 0) is 36.3 Å². The van der Waals surface area contributed by atoms with Crippen LogP contribution in [-0.4, -0.2) is 11.3 Å². The number of rotatable bonds is 4. The largest absolute Gasteiger partial charge is 0.392 e. The summed E-state index contributed by atoms with van der Waals surface area (Å²) in [7, 11) is 0. The molecule has 6 heteroatoms. The molecular weight excluding hydrogens is 333 g/mol. The van der Waals surface area contributed by atoms with Crippen molar-refractivity contribution in [1.82, 2.24) is 5.32 Å². The van der Waals surface area contributed by atoms with Gasteiger partial charge in [-0.2, -0.15) is 13.2 Å². The number of benzene rings is 1. The van der Waals surface area contributed by atoms with Gasteiger partial charge >= 0.3 is 6.18 Å². The molecule has 0 aliphatic carbocycles. The van der Waals surface area contributed by atoms with Gasteiger partial charge in [0.15, 0.2) is 5.11 Å². The van der Waals surface area contributed by atoms with Gasteiger partial charge in [-0.15, -0.1) is 0 Å². The molecule has 1 aliphatic rings. The highest BCUT2D eigenvalue weighted by molar-refractivity contribution is 7.80. The average Bonchev–Trinajstić information content (AvgIpc) is 2.47. The van der Waals surface area contributed by atoms with Crippen LogP contribution in [0, 0.1) is 0 Å². The van der Waals surface area contributed by atoms with Gasteiger partial charge in [0.25, 0.3) is 0 Å². The van der Waals surface area contributed by atoms with Gasteiger partial charge in [0.2, 0.25) is 0 Å². The van der Waals surface area contributed by atoms with Crippen LogP contribution >= 0.6 is 12.2 Å². The minimum atomic E-state index is -4.28. The summed E-state index contributed by atoms with van der Waals surface area (Å²) < 4.78 is 37.5. The molecule has 0 unspecified atom stereocenters. The highest BCUT2D eigenvalue weighted by Gasteiger charge is 2.30. The molecule has 128 valence electrons. The first kappa shape index (κ1) is 18.3. The average molecular weight is 352 g/mol. The highest BCUT2D eigenvalue weighted by atomic mass is 32.1. The lowest BCUT2D eigenvalue weighted by molar-refractivity contribution is -0.125. The second-order valence-electron chi connectivity index (χ2n) is 5.54. The van der Waals surface area contributed by atoms with E-state index in [9.17, 15) is 13.2 Å². The van der Waals surface area contributed by atoms with Crippen LogP contribution in [0.4, 0.5) is 18.9 Å². The van der Waals surface area contributed by atoms with E-state index in [4.69, 9.17) is 12.2 Å². The first-order valence-electron chi connectivity index (χ1n) is 7.58. The summed E-state index contributed by atoms with van der Waals surface area (Å²) in [6.45, 7) is 9.76. The first-order valence-corrected chi connectivity index (χ1v) is 7.99. The molecule has 1 saturated heterocycles. The standard InChI is InChI=1S/C18H19F3N2S/c1-4-5-14-6-8-15(9-7-14)23-13(3)16(10-11-18(19,20)21)12(2)22-17(23)24/h6-10H,2-5,11H2,1H3,(H,22,24)/b16-10-. The monoisotopic (exact) mass is 352 g/mol. The van der Waals surface area contributed by atoms with E-state index in [1.807, 2.05) is 24.3 Å². The van der Waals surface area contributed by atoms with Crippen LogP contribution in [0.1, 0.15) is 25.3 Å². The third-order valence-corrected chi connectivity index (χ3v) is 3.92. The Hall–Kier alpha value is -2.08. The van der Waals surface area contributed by atoms with Gasteiger partial charge in [-0.25, -0.2) is 0 Å². The SMILES string of the molecule is C=C1NC(=S)N(c2ccc(CCC)cc2)C(=C)/C1=C\CC(F)(F)F. The Morgan fingerprint density at radius 1 is 1.21 bits per heavy atom. The van der Waals surface area contributed by atoms with Crippen LogP contribution in [0.5, 0.6) is 0 Å². The number of hydrogen-bond acceptors (Lipinski definition) is 1. The predicted molar refractivity (Wildman–Crippen MR) is 95.7 cm³/mol. The maximum absolute atomic E-state index is 12.5. The molecule has 1 aromatic carbocycles. The van der Waals surface area contributed by atoms with Crippen molar-refractivity contribution >= 4 is 23.0 Å². The molecule has 0 aromatic heterocycles. The molecule has 24 heavy (non-hydrogen) atoms. The second kappa shape index (κ2) is 7.21. The van der Waals surface area contributed by atoms with E-state index >= 15 is 0 Å². The summed E-state index contributed by atoms with van der Waals surface area (Å²) in [6.07, 6.45) is -2.23. The van der Waals surface area contributed by atoms with Gasteiger partial charge in [-0.3, -0.25) is 4.90 Å². The van der Waals surface area contributed by atoms with Crippen molar-refractivity contribution in [1.29, 1.82) is 0 Å². The van der Waals surface area contributed by atoms with Gasteiger partial charge in [0.1, 0.15) is 0 Å². The van der Waals surface area contributed by atoms with Crippen molar-refractivity contribution in [2.24, 2.45) is 0 Å². The molecule has 0 radical (unpaired) electrons. The van der Waals surface area contributed by atoms with E-state index in [2.05, 4.69) is 25.4 Å². The Morgan fingerprint density at radius 3 is 2.38 bits per heavy atom. The summed E-state index contributed by atoms with van der Waals surface area (Å²) in [6, 6.07) is 7.74. The number of hydrogen-bond donors (Lipinski definition) is 1. The van der Waals surface area contributed by atoms with Crippen molar-refractivity contribution in [3.05, 3.63) is 66.0 Å². The summed E-state index contributed by atoms with van der Waals surface area (Å²) in [5.41, 5.74) is 2.98. The lowest BCUT2D eigenvalue weighted by Gasteiger charge is -2.35. The number of thiocarbonyl (C=S) groups is 1. The fourth-order valence-electron chi connectivity index (χ4n) is 2.50. The zero-order chi connectivity index (χ0) is 17.9. The van der Waals surface area contributed by atoms with Crippen molar-refractivity contribution < 1.29 is 13.2 Å². The van der Waals surface area contributed by atoms with Gasteiger partial charge in [0, 0.05) is 17.0 Å². The molecule has 0 amide bonds. The number of aryl methyl sites for hydroxylation is 1. The number of allylic oxidation sites excluding steroid dienone is 1. The van der Waals surface area contributed by atoms with Crippen LogP contribution in [0.3, 0.4) is 0 Å². The second-order valence-corrected chi connectivity index (χ2v) is 5.93. The number of halogens is 3. The first-order chi connectivity index (χ1) is 11.2. The van der Waals surface area contributed by atoms with Crippen LogP contribution < -0.4 is 10.2 Å². The van der Waals surface area contributed by atoms with Crippen LogP contribution in [0.2, 0.25) is 0 Å². The zero-order valence-corrected chi connectivity index (χ0v) is 14.2. The topological polar surface area (TPSA) is 15.3 Å². The van der Waals surface area contributed by atoms with E-state index in [-0.39, 0.29) is 0 Å². The third-order valence-electron chi connectivity index (χ3n) is 3.64. The minimum Gasteiger partial charge on any atom is -0.332 e. The summed E-state index contributed by atoms with van der Waals surface area (Å²) in [5, 5.41) is 3.20. The van der Waals surface area contributed by atoms with Crippen LogP contribution in [0.15, 0.2) is 60.5 Å². The molecule has 0 saturated carbocycles. The third kappa shape index (κ3) is 4.26. The molecule has 0 spiro atoms. The lowest BCUT2D eigenvalue weighted by atomic mass is 10.0. The fraction of sp³-hybridized carbons (Fsp3) is 0.278. The molecule has 0 atom stereocenters. The fourth-order valence-corrected chi connectivity index (χ4v) is 2.84. The molecule has 1 aliphatic heterocycles. The molecule has 1 N–H and O–H groups in total. The van der Waals surface area contributed by atoms with Crippen LogP contribution in [0.25, 0.3) is 0 Å². The van der Waals surface area contributed by atoms with E-state index in [1.54, 1.807) is 4.90 Å². The minimum absolute atomic E-state index is 0.318.